The fourth-order valence-electron chi connectivity index (χ4n) is 2.72. The smallest absolute Gasteiger partial charge is 0.326 e. The molecule has 5 nitrogen and oxygen atoms in total. The molecule has 1 fully saturated rings. The van der Waals surface area contributed by atoms with E-state index < -0.39 is 17.1 Å². The highest BCUT2D eigenvalue weighted by Crippen LogP contribution is 2.37. The lowest BCUT2D eigenvalue weighted by molar-refractivity contribution is -0.146. The zero-order valence-electron chi connectivity index (χ0n) is 14.3. The fourth-order valence-corrected chi connectivity index (χ4v) is 4.10. The highest BCUT2D eigenvalue weighted by molar-refractivity contribution is 8.18. The topological polar surface area (TPSA) is 63.7 Å². The lowest BCUT2D eigenvalue weighted by Gasteiger charge is -2.10. The minimum atomic E-state index is -0.609. The Hall–Kier alpha value is -2.02. The quantitative estimate of drug-likeness (QED) is 0.500. The standard InChI is InChI=1S/C19H15Cl2NO4S/c1-2-26-17(23)10-22-18(24)16(27-19(22)25)8-11-3-4-12(7-11)14-6-5-13(20)9-15(14)21/h3-6,8-9H,2,7,10H2,1H3/b16-8-. The van der Waals surface area contributed by atoms with Crippen LogP contribution in [0.4, 0.5) is 4.79 Å². The van der Waals surface area contributed by atoms with E-state index in [0.717, 1.165) is 33.4 Å². The van der Waals surface area contributed by atoms with Crippen LogP contribution < -0.4 is 0 Å². The Bertz CT molecular complexity index is 920. The molecule has 1 aromatic carbocycles. The minimum absolute atomic E-state index is 0.194. The number of halogens is 2. The maximum atomic E-state index is 12.4. The Morgan fingerprint density at radius 3 is 2.78 bits per heavy atom. The maximum absolute atomic E-state index is 12.4. The number of hydrogen-bond acceptors (Lipinski definition) is 5. The van der Waals surface area contributed by atoms with Gasteiger partial charge in [0.2, 0.25) is 0 Å². The number of carbonyl (C=O) groups is 3. The normalized spacial score (nSPS) is 18.2. The van der Waals surface area contributed by atoms with Gasteiger partial charge in [-0.25, -0.2) is 0 Å². The number of rotatable bonds is 5. The third-order valence-electron chi connectivity index (χ3n) is 3.95. The van der Waals surface area contributed by atoms with E-state index in [9.17, 15) is 14.4 Å². The van der Waals surface area contributed by atoms with E-state index in [1.165, 1.54) is 0 Å². The molecular weight excluding hydrogens is 409 g/mol. The van der Waals surface area contributed by atoms with Crippen LogP contribution >= 0.6 is 35.0 Å². The Balaban J connectivity index is 1.69. The SMILES string of the molecule is CCOC(=O)CN1C(=O)S/C(=C\C2=CC=C(c3ccc(Cl)cc3Cl)C2)C1=O. The molecule has 0 radical (unpaired) electrons. The van der Waals surface area contributed by atoms with Crippen LogP contribution in [0.25, 0.3) is 5.57 Å². The van der Waals surface area contributed by atoms with Gasteiger partial charge in [0.15, 0.2) is 0 Å². The largest absolute Gasteiger partial charge is 0.465 e. The molecule has 0 spiro atoms. The summed E-state index contributed by atoms with van der Waals surface area (Å²) in [5.74, 6) is -1.10. The summed E-state index contributed by atoms with van der Waals surface area (Å²) in [6.07, 6.45) is 6.04. The Labute approximate surface area is 170 Å². The number of allylic oxidation sites excluding steroid dienone is 5. The number of nitrogens with zero attached hydrogens (tertiary/aromatic N) is 1. The highest BCUT2D eigenvalue weighted by atomic mass is 35.5. The summed E-state index contributed by atoms with van der Waals surface area (Å²) >= 11 is 13.0. The van der Waals surface area contributed by atoms with Crippen LogP contribution in [0.3, 0.4) is 0 Å². The molecular formula is C19H15Cl2NO4S. The molecule has 0 bridgehead atoms. The fraction of sp³-hybridized carbons (Fsp3) is 0.211. The molecule has 0 atom stereocenters. The van der Waals surface area contributed by atoms with E-state index in [1.54, 1.807) is 25.1 Å². The summed E-state index contributed by atoms with van der Waals surface area (Å²) in [7, 11) is 0. The number of thioether (sulfide) groups is 1. The zero-order valence-corrected chi connectivity index (χ0v) is 16.7. The molecule has 0 unspecified atom stereocenters. The molecule has 0 N–H and O–H groups in total. The van der Waals surface area contributed by atoms with Gasteiger partial charge in [-0.05, 0) is 60.0 Å². The Morgan fingerprint density at radius 1 is 1.30 bits per heavy atom. The first-order chi connectivity index (χ1) is 12.9. The molecule has 1 heterocycles. The molecule has 27 heavy (non-hydrogen) atoms. The van der Waals surface area contributed by atoms with E-state index in [-0.39, 0.29) is 18.1 Å². The Morgan fingerprint density at radius 2 is 2.07 bits per heavy atom. The first-order valence-corrected chi connectivity index (χ1v) is 9.72. The highest BCUT2D eigenvalue weighted by Gasteiger charge is 2.36. The van der Waals surface area contributed by atoms with Gasteiger partial charge in [-0.15, -0.1) is 0 Å². The van der Waals surface area contributed by atoms with E-state index >= 15 is 0 Å². The van der Waals surface area contributed by atoms with Crippen molar-refractivity contribution in [2.75, 3.05) is 13.2 Å². The molecule has 140 valence electrons. The van der Waals surface area contributed by atoms with E-state index in [4.69, 9.17) is 27.9 Å². The van der Waals surface area contributed by atoms with Crippen molar-refractivity contribution >= 4 is 57.7 Å². The summed E-state index contributed by atoms with van der Waals surface area (Å²) < 4.78 is 4.80. The molecule has 1 aliphatic heterocycles. The van der Waals surface area contributed by atoms with Crippen molar-refractivity contribution in [3.63, 3.8) is 0 Å². The van der Waals surface area contributed by atoms with E-state index in [0.29, 0.717) is 16.5 Å². The molecule has 8 heteroatoms. The van der Waals surface area contributed by atoms with Crippen LogP contribution in [-0.4, -0.2) is 35.2 Å². The van der Waals surface area contributed by atoms with Gasteiger partial charge in [0.05, 0.1) is 11.5 Å². The summed E-state index contributed by atoms with van der Waals surface area (Å²) in [4.78, 5) is 37.2. The zero-order chi connectivity index (χ0) is 19.6. The van der Waals surface area contributed by atoms with Crippen LogP contribution in [0, 0.1) is 0 Å². The third-order valence-corrected chi connectivity index (χ3v) is 5.41. The predicted molar refractivity (Wildman–Crippen MR) is 107 cm³/mol. The van der Waals surface area contributed by atoms with Gasteiger partial charge in [0.25, 0.3) is 11.1 Å². The maximum Gasteiger partial charge on any atom is 0.326 e. The number of amides is 2. The van der Waals surface area contributed by atoms with Crippen molar-refractivity contribution in [3.05, 3.63) is 62.5 Å². The number of esters is 1. The second-order valence-electron chi connectivity index (χ2n) is 5.81. The molecule has 0 saturated carbocycles. The first-order valence-electron chi connectivity index (χ1n) is 8.15. The molecule has 1 aromatic rings. The van der Waals surface area contributed by atoms with Gasteiger partial charge < -0.3 is 4.74 Å². The second-order valence-corrected chi connectivity index (χ2v) is 7.64. The molecule has 1 saturated heterocycles. The van der Waals surface area contributed by atoms with Crippen LogP contribution in [0.5, 0.6) is 0 Å². The second kappa shape index (κ2) is 8.33. The summed E-state index contributed by atoms with van der Waals surface area (Å²) in [6, 6.07) is 5.29. The van der Waals surface area contributed by atoms with Gasteiger partial charge in [-0.1, -0.05) is 41.4 Å². The number of benzene rings is 1. The van der Waals surface area contributed by atoms with Crippen molar-refractivity contribution < 1.29 is 19.1 Å². The number of imide groups is 1. The molecule has 3 rings (SSSR count). The molecule has 0 aromatic heterocycles. The van der Waals surface area contributed by atoms with Crippen LogP contribution in [0.2, 0.25) is 10.0 Å². The van der Waals surface area contributed by atoms with Crippen molar-refractivity contribution in [3.8, 4) is 0 Å². The minimum Gasteiger partial charge on any atom is -0.465 e. The van der Waals surface area contributed by atoms with Gasteiger partial charge in [-0.3, -0.25) is 19.3 Å². The summed E-state index contributed by atoms with van der Waals surface area (Å²) in [5, 5.41) is 0.635. The van der Waals surface area contributed by atoms with Gasteiger partial charge in [0.1, 0.15) is 6.54 Å². The van der Waals surface area contributed by atoms with Gasteiger partial charge in [0, 0.05) is 10.0 Å². The molecule has 2 amide bonds. The van der Waals surface area contributed by atoms with Crippen LogP contribution in [0.15, 0.2) is 46.9 Å². The average molecular weight is 424 g/mol. The summed E-state index contributed by atoms with van der Waals surface area (Å²) in [6.45, 7) is 1.48. The third kappa shape index (κ3) is 4.46. The van der Waals surface area contributed by atoms with Crippen LogP contribution in [-0.2, 0) is 14.3 Å². The monoisotopic (exact) mass is 423 g/mol. The Kier molecular flexibility index (Phi) is 6.09. The van der Waals surface area contributed by atoms with Gasteiger partial charge >= 0.3 is 5.97 Å². The predicted octanol–water partition coefficient (Wildman–Crippen LogP) is 4.85. The van der Waals surface area contributed by atoms with Gasteiger partial charge in [-0.2, -0.15) is 0 Å². The summed E-state index contributed by atoms with van der Waals surface area (Å²) in [5.41, 5.74) is 2.74. The van der Waals surface area contributed by atoms with Crippen molar-refractivity contribution in [2.45, 2.75) is 13.3 Å². The first kappa shape index (κ1) is 19.7. The van der Waals surface area contributed by atoms with E-state index in [1.807, 2.05) is 18.2 Å². The van der Waals surface area contributed by atoms with Crippen molar-refractivity contribution in [2.24, 2.45) is 0 Å². The number of carbonyl (C=O) groups excluding carboxylic acids is 3. The molecule has 1 aliphatic carbocycles. The van der Waals surface area contributed by atoms with Crippen LogP contribution in [0.1, 0.15) is 18.9 Å². The number of ether oxygens (including phenoxy) is 1. The molecule has 2 aliphatic rings. The van der Waals surface area contributed by atoms with E-state index in [2.05, 4.69) is 0 Å². The lowest BCUT2D eigenvalue weighted by Crippen LogP contribution is -2.34. The van der Waals surface area contributed by atoms with Crippen molar-refractivity contribution in [1.82, 2.24) is 4.90 Å². The number of hydrogen-bond donors (Lipinski definition) is 0. The average Bonchev–Trinajstić information content (AvgIpc) is 3.16. The van der Waals surface area contributed by atoms with Crippen molar-refractivity contribution in [1.29, 1.82) is 0 Å². The lowest BCUT2D eigenvalue weighted by atomic mass is 10.0.